The highest BCUT2D eigenvalue weighted by Gasteiger charge is 2.10. The molecule has 4 heteroatoms. The average Bonchev–Trinajstić information content (AvgIpc) is 2.10. The number of pyridine rings is 1. The van der Waals surface area contributed by atoms with Crippen LogP contribution in [0.25, 0.3) is 0 Å². The Hall–Kier alpha value is -0.130. The molecule has 0 bridgehead atoms. The van der Waals surface area contributed by atoms with Crippen molar-refractivity contribution in [3.63, 3.8) is 0 Å². The van der Waals surface area contributed by atoms with E-state index in [0.717, 1.165) is 9.13 Å². The number of aromatic nitrogens is 1. The average molecular weight is 324 g/mol. The topological polar surface area (TPSA) is 33.1 Å². The van der Waals surface area contributed by atoms with E-state index in [1.54, 1.807) is 13.0 Å². The van der Waals surface area contributed by atoms with E-state index in [-0.39, 0.29) is 0 Å². The van der Waals surface area contributed by atoms with Crippen LogP contribution in [-0.2, 0) is 6.42 Å². The quantitative estimate of drug-likeness (QED) is 0.527. The van der Waals surface area contributed by atoms with Crippen molar-refractivity contribution in [2.45, 2.75) is 19.4 Å². The largest absolute Gasteiger partial charge is 0.387 e. The molecular formula is C10H11ClINO. The van der Waals surface area contributed by atoms with Gasteiger partial charge < -0.3 is 5.11 Å². The zero-order chi connectivity index (χ0) is 10.7. The third kappa shape index (κ3) is 2.68. The molecule has 0 aliphatic carbocycles. The predicted octanol–water partition coefficient (Wildman–Crippen LogP) is 3.12. The van der Waals surface area contributed by atoms with Crippen molar-refractivity contribution in [1.29, 1.82) is 0 Å². The summed E-state index contributed by atoms with van der Waals surface area (Å²) in [4.78, 5) is 4.11. The Labute approximate surface area is 102 Å². The number of aliphatic hydroxyl groups is 1. The molecule has 0 fully saturated rings. The van der Waals surface area contributed by atoms with Gasteiger partial charge in [-0.1, -0.05) is 17.7 Å². The van der Waals surface area contributed by atoms with Crippen LogP contribution in [0.5, 0.6) is 0 Å². The van der Waals surface area contributed by atoms with Gasteiger partial charge in [-0.3, -0.25) is 0 Å². The number of nitrogens with zero attached hydrogens (tertiary/aromatic N) is 1. The molecule has 0 aliphatic rings. The van der Waals surface area contributed by atoms with Crippen molar-refractivity contribution in [2.24, 2.45) is 0 Å². The number of hydrogen-bond acceptors (Lipinski definition) is 2. The van der Waals surface area contributed by atoms with Gasteiger partial charge in [0.1, 0.15) is 5.15 Å². The molecule has 0 saturated carbocycles. The summed E-state index contributed by atoms with van der Waals surface area (Å²) >= 11 is 8.17. The first-order valence-electron chi connectivity index (χ1n) is 4.20. The lowest BCUT2D eigenvalue weighted by Gasteiger charge is -2.09. The summed E-state index contributed by atoms with van der Waals surface area (Å²) in [5, 5.41) is 9.80. The molecule has 76 valence electrons. The minimum Gasteiger partial charge on any atom is -0.387 e. The molecule has 14 heavy (non-hydrogen) atoms. The fraction of sp³-hybridized carbons (Fsp3) is 0.300. The summed E-state index contributed by atoms with van der Waals surface area (Å²) in [5.74, 6) is 0. The van der Waals surface area contributed by atoms with Crippen LogP contribution in [0.1, 0.15) is 24.3 Å². The fourth-order valence-electron chi connectivity index (χ4n) is 1.07. The Morgan fingerprint density at radius 3 is 2.86 bits per heavy atom. The minimum absolute atomic E-state index is 0.452. The number of hydrogen-bond donors (Lipinski definition) is 1. The molecule has 0 saturated heterocycles. The van der Waals surface area contributed by atoms with Crippen LogP contribution < -0.4 is 0 Å². The highest BCUT2D eigenvalue weighted by atomic mass is 127. The fourth-order valence-corrected chi connectivity index (χ4v) is 2.30. The Bertz CT molecular complexity index is 329. The van der Waals surface area contributed by atoms with Crippen LogP contribution >= 0.6 is 34.2 Å². The van der Waals surface area contributed by atoms with Crippen LogP contribution in [0.15, 0.2) is 18.7 Å². The summed E-state index contributed by atoms with van der Waals surface area (Å²) in [6.07, 6.45) is 1.90. The van der Waals surface area contributed by atoms with Crippen LogP contribution in [0.2, 0.25) is 5.15 Å². The van der Waals surface area contributed by atoms with E-state index in [0.29, 0.717) is 17.3 Å². The Morgan fingerprint density at radius 1 is 1.79 bits per heavy atom. The summed E-state index contributed by atoms with van der Waals surface area (Å²) in [5.41, 5.74) is 1.57. The van der Waals surface area contributed by atoms with Gasteiger partial charge in [0.25, 0.3) is 0 Å². The van der Waals surface area contributed by atoms with Gasteiger partial charge in [-0.2, -0.15) is 0 Å². The Kier molecular flexibility index (Phi) is 4.34. The van der Waals surface area contributed by atoms with Gasteiger partial charge in [-0.25, -0.2) is 4.98 Å². The predicted molar refractivity (Wildman–Crippen MR) is 66.5 cm³/mol. The molecule has 1 aromatic heterocycles. The van der Waals surface area contributed by atoms with Gasteiger partial charge in [0.15, 0.2) is 0 Å². The Balaban J connectivity index is 3.17. The molecule has 1 atom stereocenters. The third-order valence-electron chi connectivity index (χ3n) is 1.82. The van der Waals surface area contributed by atoms with E-state index in [9.17, 15) is 5.11 Å². The summed E-state index contributed by atoms with van der Waals surface area (Å²) in [7, 11) is 0. The summed E-state index contributed by atoms with van der Waals surface area (Å²) in [6, 6.07) is 1.84. The van der Waals surface area contributed by atoms with Gasteiger partial charge >= 0.3 is 0 Å². The Morgan fingerprint density at radius 2 is 2.43 bits per heavy atom. The van der Waals surface area contributed by atoms with Crippen LogP contribution in [0.3, 0.4) is 0 Å². The lowest BCUT2D eigenvalue weighted by atomic mass is 10.1. The zero-order valence-electron chi connectivity index (χ0n) is 7.80. The summed E-state index contributed by atoms with van der Waals surface area (Å²) < 4.78 is 1.01. The van der Waals surface area contributed by atoms with E-state index in [1.807, 2.05) is 6.07 Å². The number of rotatable bonds is 3. The zero-order valence-corrected chi connectivity index (χ0v) is 10.7. The molecule has 1 rings (SSSR count). The molecule has 0 spiro atoms. The van der Waals surface area contributed by atoms with Crippen molar-refractivity contribution in [1.82, 2.24) is 4.98 Å². The highest BCUT2D eigenvalue weighted by molar-refractivity contribution is 14.1. The first kappa shape index (κ1) is 11.9. The number of aliphatic hydroxyl groups excluding tert-OH is 1. The normalized spacial score (nSPS) is 12.6. The van der Waals surface area contributed by atoms with Crippen molar-refractivity contribution in [2.75, 3.05) is 0 Å². The smallest absolute Gasteiger partial charge is 0.134 e. The first-order valence-corrected chi connectivity index (χ1v) is 5.65. The van der Waals surface area contributed by atoms with Crippen LogP contribution in [-0.4, -0.2) is 10.1 Å². The van der Waals surface area contributed by atoms with Crippen molar-refractivity contribution in [3.8, 4) is 0 Å². The minimum atomic E-state index is -0.584. The van der Waals surface area contributed by atoms with E-state index >= 15 is 0 Å². The van der Waals surface area contributed by atoms with E-state index in [4.69, 9.17) is 11.6 Å². The maximum absolute atomic E-state index is 9.35. The molecule has 0 aliphatic heterocycles. The maximum atomic E-state index is 9.35. The van der Waals surface area contributed by atoms with E-state index in [1.165, 1.54) is 0 Å². The van der Waals surface area contributed by atoms with E-state index in [2.05, 4.69) is 34.2 Å². The van der Waals surface area contributed by atoms with Crippen LogP contribution in [0.4, 0.5) is 0 Å². The molecule has 1 heterocycles. The maximum Gasteiger partial charge on any atom is 0.134 e. The SMILES string of the molecule is C=CCc1c(I)cc(C(C)O)nc1Cl. The summed E-state index contributed by atoms with van der Waals surface area (Å²) in [6.45, 7) is 5.33. The third-order valence-corrected chi connectivity index (χ3v) is 3.09. The lowest BCUT2D eigenvalue weighted by molar-refractivity contribution is 0.194. The molecule has 0 amide bonds. The second-order valence-electron chi connectivity index (χ2n) is 2.97. The van der Waals surface area contributed by atoms with Crippen LogP contribution in [0, 0.1) is 3.57 Å². The molecule has 0 aromatic carbocycles. The highest BCUT2D eigenvalue weighted by Crippen LogP contribution is 2.24. The van der Waals surface area contributed by atoms with Crippen molar-refractivity contribution < 1.29 is 5.11 Å². The van der Waals surface area contributed by atoms with Gasteiger partial charge in [0.2, 0.25) is 0 Å². The molecule has 1 N–H and O–H groups in total. The second kappa shape index (κ2) is 5.09. The van der Waals surface area contributed by atoms with Gasteiger partial charge in [-0.05, 0) is 42.0 Å². The second-order valence-corrected chi connectivity index (χ2v) is 4.49. The molecule has 1 aromatic rings. The van der Waals surface area contributed by atoms with Gasteiger partial charge in [0, 0.05) is 9.13 Å². The van der Waals surface area contributed by atoms with Gasteiger partial charge in [0.05, 0.1) is 11.8 Å². The lowest BCUT2D eigenvalue weighted by Crippen LogP contribution is -2.00. The van der Waals surface area contributed by atoms with Gasteiger partial charge in [-0.15, -0.1) is 6.58 Å². The molecule has 2 nitrogen and oxygen atoms in total. The van der Waals surface area contributed by atoms with Crippen molar-refractivity contribution in [3.05, 3.63) is 38.7 Å². The monoisotopic (exact) mass is 323 g/mol. The van der Waals surface area contributed by atoms with Crippen molar-refractivity contribution >= 4 is 34.2 Å². The standard InChI is InChI=1S/C10H11ClINO/c1-3-4-7-8(12)5-9(6(2)14)13-10(7)11/h3,5-6,14H,1,4H2,2H3. The molecule has 1 unspecified atom stereocenters. The number of halogens is 2. The first-order chi connectivity index (χ1) is 6.56. The molecular weight excluding hydrogens is 312 g/mol. The van der Waals surface area contributed by atoms with E-state index < -0.39 is 6.10 Å². The number of allylic oxidation sites excluding steroid dienone is 1. The molecule has 0 radical (unpaired) electrons.